The number of H-pyrrole nitrogens is 1. The van der Waals surface area contributed by atoms with E-state index in [-0.39, 0.29) is 12.4 Å². The van der Waals surface area contributed by atoms with Crippen LogP contribution in [-0.4, -0.2) is 16.7 Å². The monoisotopic (exact) mass is 271 g/mol. The molecule has 0 aliphatic carbocycles. The van der Waals surface area contributed by atoms with Crippen molar-refractivity contribution < 1.29 is 14.3 Å². The van der Waals surface area contributed by atoms with Crippen molar-refractivity contribution >= 4 is 11.8 Å². The van der Waals surface area contributed by atoms with Crippen molar-refractivity contribution in [2.24, 2.45) is 0 Å². The summed E-state index contributed by atoms with van der Waals surface area (Å²) >= 11 is 0. The lowest BCUT2D eigenvalue weighted by molar-refractivity contribution is -0.116. The molecule has 4 heteroatoms. The van der Waals surface area contributed by atoms with Crippen molar-refractivity contribution in [3.05, 3.63) is 58.9 Å². The van der Waals surface area contributed by atoms with Gasteiger partial charge in [-0.1, -0.05) is 30.3 Å². The van der Waals surface area contributed by atoms with Crippen molar-refractivity contribution in [1.82, 2.24) is 4.98 Å². The zero-order chi connectivity index (χ0) is 14.5. The molecule has 1 N–H and O–H groups in total. The number of nitrogens with one attached hydrogen (secondary N) is 1. The molecule has 1 heterocycles. The van der Waals surface area contributed by atoms with Gasteiger partial charge < -0.3 is 9.72 Å². The zero-order valence-electron chi connectivity index (χ0n) is 11.6. The molecule has 0 aliphatic rings. The lowest BCUT2D eigenvalue weighted by atomic mass is 10.2. The maximum Gasteiger partial charge on any atom is 0.355 e. The van der Waals surface area contributed by atoms with Crippen LogP contribution in [-0.2, 0) is 22.6 Å². The van der Waals surface area contributed by atoms with Gasteiger partial charge >= 0.3 is 5.97 Å². The van der Waals surface area contributed by atoms with Gasteiger partial charge in [0.2, 0.25) is 0 Å². The number of hydrogen-bond acceptors (Lipinski definition) is 3. The molecule has 4 nitrogen and oxygen atoms in total. The van der Waals surface area contributed by atoms with Crippen molar-refractivity contribution in [3.63, 3.8) is 0 Å². The number of ether oxygens (including phenoxy) is 1. The van der Waals surface area contributed by atoms with E-state index in [0.29, 0.717) is 12.1 Å². The third-order valence-corrected chi connectivity index (χ3v) is 2.93. The van der Waals surface area contributed by atoms with E-state index < -0.39 is 5.97 Å². The summed E-state index contributed by atoms with van der Waals surface area (Å²) in [5.74, 6) is -0.350. The van der Waals surface area contributed by atoms with Crippen LogP contribution in [0.5, 0.6) is 0 Å². The fraction of sp³-hybridized carbons (Fsp3) is 0.250. The van der Waals surface area contributed by atoms with Crippen molar-refractivity contribution in [1.29, 1.82) is 0 Å². The van der Waals surface area contributed by atoms with E-state index in [2.05, 4.69) is 4.98 Å². The molecule has 1 aromatic carbocycles. The molecular weight excluding hydrogens is 254 g/mol. The molecule has 0 saturated carbocycles. The first-order chi connectivity index (χ1) is 9.56. The Bertz CT molecular complexity index is 614. The molecule has 0 spiro atoms. The van der Waals surface area contributed by atoms with Gasteiger partial charge in [-0.3, -0.25) is 4.79 Å². The second kappa shape index (κ2) is 6.19. The summed E-state index contributed by atoms with van der Waals surface area (Å²) in [6.45, 7) is 3.57. The molecule has 0 fully saturated rings. The molecule has 0 saturated heterocycles. The van der Waals surface area contributed by atoms with Gasteiger partial charge in [0.1, 0.15) is 18.1 Å². The maximum absolute atomic E-state index is 12.0. The minimum Gasteiger partial charge on any atom is -0.456 e. The number of ketones is 1. The number of aromatic nitrogens is 1. The van der Waals surface area contributed by atoms with Gasteiger partial charge in [-0.15, -0.1) is 0 Å². The lowest BCUT2D eigenvalue weighted by Crippen LogP contribution is -2.07. The summed E-state index contributed by atoms with van der Waals surface area (Å²) in [5, 5.41) is 0. The van der Waals surface area contributed by atoms with Crippen LogP contribution in [0, 0.1) is 6.92 Å². The van der Waals surface area contributed by atoms with E-state index >= 15 is 0 Å². The van der Waals surface area contributed by atoms with Gasteiger partial charge in [-0.05, 0) is 31.0 Å². The van der Waals surface area contributed by atoms with Crippen molar-refractivity contribution in [2.75, 3.05) is 0 Å². The summed E-state index contributed by atoms with van der Waals surface area (Å²) < 4.78 is 5.26. The summed E-state index contributed by atoms with van der Waals surface area (Å²) in [4.78, 5) is 26.0. The van der Waals surface area contributed by atoms with E-state index in [1.165, 1.54) is 6.92 Å². The highest BCUT2D eigenvalue weighted by molar-refractivity contribution is 5.89. The second-order valence-corrected chi connectivity index (χ2v) is 4.79. The first-order valence-electron chi connectivity index (χ1n) is 6.45. The van der Waals surface area contributed by atoms with Crippen LogP contribution in [0.3, 0.4) is 0 Å². The lowest BCUT2D eigenvalue weighted by Gasteiger charge is -2.04. The molecule has 0 amide bonds. The minimum absolute atomic E-state index is 0.0513. The highest BCUT2D eigenvalue weighted by Gasteiger charge is 2.15. The van der Waals surface area contributed by atoms with Crippen LogP contribution in [0.2, 0.25) is 0 Å². The highest BCUT2D eigenvalue weighted by Crippen LogP contribution is 2.13. The van der Waals surface area contributed by atoms with Crippen LogP contribution >= 0.6 is 0 Å². The average molecular weight is 271 g/mol. The smallest absolute Gasteiger partial charge is 0.355 e. The number of Topliss-reactive ketones (excluding diaryl/α,β-unsaturated/α-hetero) is 1. The maximum atomic E-state index is 12.0. The van der Waals surface area contributed by atoms with E-state index in [4.69, 9.17) is 4.74 Å². The summed E-state index contributed by atoms with van der Waals surface area (Å²) in [6, 6.07) is 11.3. The fourth-order valence-electron chi connectivity index (χ4n) is 2.00. The number of carbonyl (C=O) groups excluding carboxylic acids is 2. The quantitative estimate of drug-likeness (QED) is 0.851. The number of carbonyl (C=O) groups is 2. The topological polar surface area (TPSA) is 59.2 Å². The van der Waals surface area contributed by atoms with Crippen LogP contribution in [0.1, 0.15) is 34.2 Å². The number of esters is 1. The minimum atomic E-state index is -0.402. The first kappa shape index (κ1) is 14.1. The Kier molecular flexibility index (Phi) is 4.35. The number of aryl methyl sites for hydroxylation is 1. The molecule has 0 radical (unpaired) electrons. The summed E-state index contributed by atoms with van der Waals surface area (Å²) in [7, 11) is 0. The molecular formula is C16H17NO3. The van der Waals surface area contributed by atoms with Gasteiger partial charge in [0.05, 0.1) is 0 Å². The van der Waals surface area contributed by atoms with Gasteiger partial charge in [0.25, 0.3) is 0 Å². The number of hydrogen-bond donors (Lipinski definition) is 1. The van der Waals surface area contributed by atoms with Crippen LogP contribution in [0.4, 0.5) is 0 Å². The third kappa shape index (κ3) is 3.57. The van der Waals surface area contributed by atoms with Gasteiger partial charge in [-0.25, -0.2) is 4.79 Å². The third-order valence-electron chi connectivity index (χ3n) is 2.93. The molecule has 0 bridgehead atoms. The van der Waals surface area contributed by atoms with Gasteiger partial charge in [-0.2, -0.15) is 0 Å². The molecule has 1 aromatic heterocycles. The van der Waals surface area contributed by atoms with Crippen molar-refractivity contribution in [2.45, 2.75) is 26.9 Å². The predicted octanol–water partition coefficient (Wildman–Crippen LogP) is 2.81. The van der Waals surface area contributed by atoms with Crippen LogP contribution in [0.25, 0.3) is 0 Å². The van der Waals surface area contributed by atoms with Crippen LogP contribution < -0.4 is 0 Å². The molecule has 2 rings (SSSR count). The second-order valence-electron chi connectivity index (χ2n) is 4.79. The first-order valence-corrected chi connectivity index (χ1v) is 6.45. The summed E-state index contributed by atoms with van der Waals surface area (Å²) in [6.07, 6.45) is 0.298. The molecule has 2 aromatic rings. The fourth-order valence-corrected chi connectivity index (χ4v) is 2.00. The Morgan fingerprint density at radius 3 is 2.55 bits per heavy atom. The molecule has 20 heavy (non-hydrogen) atoms. The Hall–Kier alpha value is -2.36. The van der Waals surface area contributed by atoms with Crippen molar-refractivity contribution in [3.8, 4) is 0 Å². The van der Waals surface area contributed by atoms with Gasteiger partial charge in [0.15, 0.2) is 0 Å². The number of benzene rings is 1. The van der Waals surface area contributed by atoms with E-state index in [1.807, 2.05) is 37.3 Å². The Morgan fingerprint density at radius 2 is 1.90 bits per heavy atom. The average Bonchev–Trinajstić information content (AvgIpc) is 2.77. The molecule has 0 aliphatic heterocycles. The van der Waals surface area contributed by atoms with Crippen LogP contribution in [0.15, 0.2) is 36.4 Å². The summed E-state index contributed by atoms with van der Waals surface area (Å²) in [5.41, 5.74) is 2.88. The van der Waals surface area contributed by atoms with E-state index in [1.54, 1.807) is 6.07 Å². The van der Waals surface area contributed by atoms with E-state index in [9.17, 15) is 9.59 Å². The SMILES string of the molecule is CC(=O)Cc1cc(C)c(C(=O)OCc2ccccc2)[nH]1. The molecule has 0 unspecified atom stereocenters. The Labute approximate surface area is 117 Å². The Morgan fingerprint density at radius 1 is 1.20 bits per heavy atom. The van der Waals surface area contributed by atoms with E-state index in [0.717, 1.165) is 16.8 Å². The Balaban J connectivity index is 2.02. The number of rotatable bonds is 5. The standard InChI is InChI=1S/C16H17NO3/c1-11-8-14(9-12(2)18)17-15(11)16(19)20-10-13-6-4-3-5-7-13/h3-8,17H,9-10H2,1-2H3. The number of aromatic amines is 1. The zero-order valence-corrected chi connectivity index (χ0v) is 11.6. The molecule has 0 atom stereocenters. The highest BCUT2D eigenvalue weighted by atomic mass is 16.5. The van der Waals surface area contributed by atoms with Gasteiger partial charge in [0, 0.05) is 12.1 Å². The molecule has 104 valence electrons. The largest absolute Gasteiger partial charge is 0.456 e. The predicted molar refractivity (Wildman–Crippen MR) is 75.5 cm³/mol. The normalized spacial score (nSPS) is 10.3.